The van der Waals surface area contributed by atoms with Gasteiger partial charge >= 0.3 is 0 Å². The largest absolute Gasteiger partial charge is 0.481 e. The van der Waals surface area contributed by atoms with E-state index in [4.69, 9.17) is 4.74 Å². The third kappa shape index (κ3) is 6.08. The zero-order chi connectivity index (χ0) is 21.7. The van der Waals surface area contributed by atoms with Crippen LogP contribution in [0.1, 0.15) is 48.9 Å². The van der Waals surface area contributed by atoms with Crippen molar-refractivity contribution in [3.05, 3.63) is 58.7 Å². The first-order valence-electron chi connectivity index (χ1n) is 9.97. The van der Waals surface area contributed by atoms with Crippen LogP contribution in [0, 0.1) is 20.8 Å². The Labute approximate surface area is 174 Å². The number of hydrogen-bond acceptors (Lipinski definition) is 3. The van der Waals surface area contributed by atoms with Gasteiger partial charge < -0.3 is 15.0 Å². The minimum Gasteiger partial charge on any atom is -0.481 e. The maximum Gasteiger partial charge on any atom is 0.263 e. The number of amides is 2. The van der Waals surface area contributed by atoms with E-state index in [2.05, 4.69) is 19.2 Å². The summed E-state index contributed by atoms with van der Waals surface area (Å²) in [4.78, 5) is 26.5. The summed E-state index contributed by atoms with van der Waals surface area (Å²) in [6.45, 7) is 11.8. The first-order valence-corrected chi connectivity index (χ1v) is 9.97. The van der Waals surface area contributed by atoms with E-state index in [-0.39, 0.29) is 18.4 Å². The Morgan fingerprint density at radius 3 is 2.24 bits per heavy atom. The van der Waals surface area contributed by atoms with E-state index < -0.39 is 6.10 Å². The van der Waals surface area contributed by atoms with Crippen molar-refractivity contribution < 1.29 is 14.3 Å². The van der Waals surface area contributed by atoms with Gasteiger partial charge in [-0.05, 0) is 62.4 Å². The normalized spacial score (nSPS) is 11.9. The lowest BCUT2D eigenvalue weighted by atomic mass is 10.0. The van der Waals surface area contributed by atoms with E-state index in [0.29, 0.717) is 11.7 Å². The predicted molar refractivity (Wildman–Crippen MR) is 118 cm³/mol. The fraction of sp³-hybridized carbons (Fsp3) is 0.417. The highest BCUT2D eigenvalue weighted by Crippen LogP contribution is 2.22. The number of aryl methyl sites for hydroxylation is 3. The molecule has 1 atom stereocenters. The Morgan fingerprint density at radius 2 is 1.66 bits per heavy atom. The van der Waals surface area contributed by atoms with Gasteiger partial charge in [-0.3, -0.25) is 9.59 Å². The molecule has 0 aliphatic carbocycles. The summed E-state index contributed by atoms with van der Waals surface area (Å²) in [5.41, 5.74) is 5.12. The molecule has 5 nitrogen and oxygen atoms in total. The van der Waals surface area contributed by atoms with Gasteiger partial charge in [0.1, 0.15) is 5.75 Å². The van der Waals surface area contributed by atoms with E-state index in [9.17, 15) is 9.59 Å². The molecule has 156 valence electrons. The first-order chi connectivity index (χ1) is 13.6. The van der Waals surface area contributed by atoms with Crippen LogP contribution in [0.25, 0.3) is 0 Å². The highest BCUT2D eigenvalue weighted by Gasteiger charge is 2.22. The molecule has 0 aliphatic heterocycles. The molecule has 0 radical (unpaired) electrons. The minimum atomic E-state index is -0.682. The molecule has 29 heavy (non-hydrogen) atoms. The van der Waals surface area contributed by atoms with Crippen LogP contribution in [0.15, 0.2) is 36.4 Å². The summed E-state index contributed by atoms with van der Waals surface area (Å²) < 4.78 is 5.82. The van der Waals surface area contributed by atoms with Gasteiger partial charge in [-0.25, -0.2) is 0 Å². The standard InChI is InChI=1S/C24H32N2O3/c1-15(2)20-9-8-10-21(13-20)29-19(6)24(28)26(7)14-22(27)25-23-17(4)11-16(3)12-18(23)5/h8-13,15,19H,14H2,1-7H3,(H,25,27). The summed E-state index contributed by atoms with van der Waals surface area (Å²) in [6.07, 6.45) is -0.682. The molecule has 1 N–H and O–H groups in total. The molecular formula is C24H32N2O3. The van der Waals surface area contributed by atoms with Crippen LogP contribution in [0.3, 0.4) is 0 Å². The van der Waals surface area contributed by atoms with Crippen LogP contribution in [-0.4, -0.2) is 36.4 Å². The van der Waals surface area contributed by atoms with Gasteiger partial charge in [0.05, 0.1) is 6.54 Å². The first kappa shape index (κ1) is 22.5. The zero-order valence-corrected chi connectivity index (χ0v) is 18.5. The van der Waals surface area contributed by atoms with Crippen molar-refractivity contribution in [1.29, 1.82) is 0 Å². The molecule has 5 heteroatoms. The van der Waals surface area contributed by atoms with Crippen LogP contribution < -0.4 is 10.1 Å². The average molecular weight is 397 g/mol. The summed E-state index contributed by atoms with van der Waals surface area (Å²) in [5.74, 6) is 0.558. The molecule has 0 spiro atoms. The van der Waals surface area contributed by atoms with E-state index in [1.165, 1.54) is 4.90 Å². The molecule has 0 saturated carbocycles. The van der Waals surface area contributed by atoms with Crippen molar-refractivity contribution >= 4 is 17.5 Å². The maximum atomic E-state index is 12.7. The molecule has 2 amide bonds. The van der Waals surface area contributed by atoms with Gasteiger partial charge in [0.15, 0.2) is 6.10 Å². The molecule has 2 aromatic rings. The lowest BCUT2D eigenvalue weighted by Crippen LogP contribution is -2.42. The van der Waals surface area contributed by atoms with Crippen molar-refractivity contribution in [2.75, 3.05) is 18.9 Å². The molecule has 0 fully saturated rings. The number of ether oxygens (including phenoxy) is 1. The van der Waals surface area contributed by atoms with Gasteiger partial charge in [0.25, 0.3) is 5.91 Å². The molecule has 2 aromatic carbocycles. The Morgan fingerprint density at radius 1 is 1.03 bits per heavy atom. The molecule has 2 rings (SSSR count). The van der Waals surface area contributed by atoms with Crippen LogP contribution in [0.2, 0.25) is 0 Å². The summed E-state index contributed by atoms with van der Waals surface area (Å²) in [5, 5.41) is 2.93. The molecular weight excluding hydrogens is 364 g/mol. The van der Waals surface area contributed by atoms with E-state index >= 15 is 0 Å². The molecule has 0 saturated heterocycles. The van der Waals surface area contributed by atoms with Gasteiger partial charge in [-0.2, -0.15) is 0 Å². The average Bonchev–Trinajstić information content (AvgIpc) is 2.64. The smallest absolute Gasteiger partial charge is 0.263 e. The van der Waals surface area contributed by atoms with Crippen molar-refractivity contribution in [2.45, 2.75) is 53.6 Å². The second-order valence-electron chi connectivity index (χ2n) is 8.00. The summed E-state index contributed by atoms with van der Waals surface area (Å²) >= 11 is 0. The number of hydrogen-bond donors (Lipinski definition) is 1. The molecule has 0 aliphatic rings. The maximum absolute atomic E-state index is 12.7. The van der Waals surface area contributed by atoms with Crippen LogP contribution in [0.5, 0.6) is 5.75 Å². The van der Waals surface area contributed by atoms with Crippen molar-refractivity contribution in [3.63, 3.8) is 0 Å². The second-order valence-corrected chi connectivity index (χ2v) is 8.00. The minimum absolute atomic E-state index is 0.0364. The third-order valence-electron chi connectivity index (χ3n) is 4.88. The Hall–Kier alpha value is -2.82. The number of nitrogens with zero attached hydrogens (tertiary/aromatic N) is 1. The molecule has 1 unspecified atom stereocenters. The number of nitrogens with one attached hydrogen (secondary N) is 1. The molecule has 0 aromatic heterocycles. The fourth-order valence-corrected chi connectivity index (χ4v) is 3.36. The third-order valence-corrected chi connectivity index (χ3v) is 4.88. The van der Waals surface area contributed by atoms with Crippen LogP contribution in [0.4, 0.5) is 5.69 Å². The monoisotopic (exact) mass is 396 g/mol. The summed E-state index contributed by atoms with van der Waals surface area (Å²) in [6, 6.07) is 11.8. The number of benzene rings is 2. The zero-order valence-electron chi connectivity index (χ0n) is 18.5. The van der Waals surface area contributed by atoms with E-state index in [1.807, 2.05) is 57.2 Å². The lowest BCUT2D eigenvalue weighted by Gasteiger charge is -2.22. The molecule has 0 bridgehead atoms. The van der Waals surface area contributed by atoms with Gasteiger partial charge in [0.2, 0.25) is 5.91 Å². The van der Waals surface area contributed by atoms with Gasteiger partial charge in [0, 0.05) is 12.7 Å². The van der Waals surface area contributed by atoms with Crippen molar-refractivity contribution in [3.8, 4) is 5.75 Å². The Balaban J connectivity index is 1.97. The Kier molecular flexibility index (Phi) is 7.43. The van der Waals surface area contributed by atoms with Crippen LogP contribution >= 0.6 is 0 Å². The Bertz CT molecular complexity index is 866. The topological polar surface area (TPSA) is 58.6 Å². The quantitative estimate of drug-likeness (QED) is 0.744. The summed E-state index contributed by atoms with van der Waals surface area (Å²) in [7, 11) is 1.61. The van der Waals surface area contributed by atoms with E-state index in [0.717, 1.165) is 27.9 Å². The SMILES string of the molecule is Cc1cc(C)c(NC(=O)CN(C)C(=O)C(C)Oc2cccc(C(C)C)c2)c(C)c1. The van der Waals surface area contributed by atoms with Gasteiger partial charge in [-0.15, -0.1) is 0 Å². The van der Waals surface area contributed by atoms with Gasteiger partial charge in [-0.1, -0.05) is 43.7 Å². The number of likely N-dealkylation sites (N-methyl/N-ethyl adjacent to an activating group) is 1. The fourth-order valence-electron chi connectivity index (χ4n) is 3.36. The van der Waals surface area contributed by atoms with E-state index in [1.54, 1.807) is 14.0 Å². The number of carbonyl (C=O) groups excluding carboxylic acids is 2. The second kappa shape index (κ2) is 9.59. The number of anilines is 1. The molecule has 0 heterocycles. The van der Waals surface area contributed by atoms with Crippen molar-refractivity contribution in [1.82, 2.24) is 4.90 Å². The van der Waals surface area contributed by atoms with Crippen LogP contribution in [-0.2, 0) is 9.59 Å². The highest BCUT2D eigenvalue weighted by atomic mass is 16.5. The predicted octanol–water partition coefficient (Wildman–Crippen LogP) is 4.60. The number of rotatable bonds is 7. The number of carbonyl (C=O) groups is 2. The van der Waals surface area contributed by atoms with Crippen molar-refractivity contribution in [2.24, 2.45) is 0 Å². The lowest BCUT2D eigenvalue weighted by molar-refractivity contribution is -0.139. The highest BCUT2D eigenvalue weighted by molar-refractivity contribution is 5.96.